The number of nitrogens with zero attached hydrogens (tertiary/aromatic N) is 2. The molecule has 0 aliphatic carbocycles. The number of hydrogen-bond acceptors (Lipinski definition) is 4. The van der Waals surface area contributed by atoms with Gasteiger partial charge in [-0.3, -0.25) is 4.99 Å². The fraction of sp³-hybridized carbons (Fsp3) is 0.474. The maximum Gasteiger partial charge on any atom is 0.191 e. The summed E-state index contributed by atoms with van der Waals surface area (Å²) in [5.74, 6) is 1.27. The van der Waals surface area contributed by atoms with Crippen LogP contribution in [0.2, 0.25) is 0 Å². The maximum atomic E-state index is 9.63. The molecule has 0 aliphatic heterocycles. The molecule has 3 N–H and O–H groups in total. The molecule has 1 heterocycles. The van der Waals surface area contributed by atoms with Crippen LogP contribution in [0.1, 0.15) is 41.9 Å². The van der Waals surface area contributed by atoms with Crippen LogP contribution >= 0.6 is 11.3 Å². The SMILES string of the molecule is CN=C(NCCc1csc(C(C)C)n1)NCC(CO)c1ccccc1. The van der Waals surface area contributed by atoms with Gasteiger partial charge in [-0.25, -0.2) is 4.98 Å². The number of aromatic nitrogens is 1. The molecule has 0 spiro atoms. The van der Waals surface area contributed by atoms with Crippen LogP contribution in [-0.4, -0.2) is 42.8 Å². The van der Waals surface area contributed by atoms with Gasteiger partial charge in [0.2, 0.25) is 0 Å². The highest BCUT2D eigenvalue weighted by molar-refractivity contribution is 7.09. The van der Waals surface area contributed by atoms with E-state index in [9.17, 15) is 5.11 Å². The number of thiazole rings is 1. The van der Waals surface area contributed by atoms with E-state index in [0.717, 1.165) is 30.2 Å². The van der Waals surface area contributed by atoms with Crippen LogP contribution in [0.25, 0.3) is 0 Å². The lowest BCUT2D eigenvalue weighted by Crippen LogP contribution is -2.40. The van der Waals surface area contributed by atoms with Crippen molar-refractivity contribution in [3.8, 4) is 0 Å². The quantitative estimate of drug-likeness (QED) is 0.500. The van der Waals surface area contributed by atoms with Crippen LogP contribution in [0, 0.1) is 0 Å². The zero-order valence-corrected chi connectivity index (χ0v) is 16.0. The second kappa shape index (κ2) is 10.2. The maximum absolute atomic E-state index is 9.63. The number of aliphatic hydroxyl groups is 1. The van der Waals surface area contributed by atoms with Crippen LogP contribution in [0.4, 0.5) is 0 Å². The minimum atomic E-state index is 0.0480. The molecule has 25 heavy (non-hydrogen) atoms. The van der Waals surface area contributed by atoms with Gasteiger partial charge in [0.25, 0.3) is 0 Å². The average molecular weight is 361 g/mol. The summed E-state index contributed by atoms with van der Waals surface area (Å²) in [6.45, 7) is 5.84. The highest BCUT2D eigenvalue weighted by atomic mass is 32.1. The molecule has 0 fully saturated rings. The zero-order valence-electron chi connectivity index (χ0n) is 15.2. The van der Waals surface area contributed by atoms with Crippen LogP contribution in [0.5, 0.6) is 0 Å². The minimum Gasteiger partial charge on any atom is -0.396 e. The third-order valence-corrected chi connectivity index (χ3v) is 5.16. The Morgan fingerprint density at radius 3 is 2.60 bits per heavy atom. The van der Waals surface area contributed by atoms with Crippen molar-refractivity contribution in [2.45, 2.75) is 32.1 Å². The second-order valence-corrected chi connectivity index (χ2v) is 7.14. The highest BCUT2D eigenvalue weighted by Crippen LogP contribution is 2.19. The molecular weight excluding hydrogens is 332 g/mol. The second-order valence-electron chi connectivity index (χ2n) is 6.25. The molecule has 0 bridgehead atoms. The van der Waals surface area contributed by atoms with E-state index in [-0.39, 0.29) is 12.5 Å². The normalized spacial score (nSPS) is 13.1. The minimum absolute atomic E-state index is 0.0480. The first-order chi connectivity index (χ1) is 12.1. The fourth-order valence-electron chi connectivity index (χ4n) is 2.47. The van der Waals surface area contributed by atoms with E-state index in [4.69, 9.17) is 0 Å². The number of aliphatic imine (C=N–C) groups is 1. The lowest BCUT2D eigenvalue weighted by molar-refractivity contribution is 0.265. The summed E-state index contributed by atoms with van der Waals surface area (Å²) in [7, 11) is 1.76. The number of aliphatic hydroxyl groups excluding tert-OH is 1. The zero-order chi connectivity index (χ0) is 18.1. The van der Waals surface area contributed by atoms with Gasteiger partial charge in [-0.15, -0.1) is 11.3 Å². The van der Waals surface area contributed by atoms with Gasteiger partial charge in [0.05, 0.1) is 17.3 Å². The molecule has 0 aliphatic rings. The first-order valence-corrected chi connectivity index (χ1v) is 9.56. The predicted octanol–water partition coefficient (Wildman–Crippen LogP) is 2.75. The van der Waals surface area contributed by atoms with E-state index < -0.39 is 0 Å². The first kappa shape index (κ1) is 19.4. The standard InChI is InChI=1S/C19H28N4OS/c1-14(2)18-23-17(13-25-18)9-10-21-19(20-3)22-11-16(12-24)15-7-5-4-6-8-15/h4-8,13-14,16,24H,9-12H2,1-3H3,(H2,20,21,22). The molecular formula is C19H28N4OS. The summed E-state index contributed by atoms with van der Waals surface area (Å²) >= 11 is 1.72. The van der Waals surface area contributed by atoms with Gasteiger partial charge in [-0.05, 0) is 5.56 Å². The Labute approximate surface area is 154 Å². The topological polar surface area (TPSA) is 69.5 Å². The van der Waals surface area contributed by atoms with E-state index in [2.05, 4.69) is 39.8 Å². The third kappa shape index (κ3) is 6.14. The summed E-state index contributed by atoms with van der Waals surface area (Å²) in [6, 6.07) is 10.0. The Bertz CT molecular complexity index is 654. The molecule has 1 unspecified atom stereocenters. The van der Waals surface area contributed by atoms with E-state index in [1.165, 1.54) is 5.01 Å². The first-order valence-electron chi connectivity index (χ1n) is 8.68. The smallest absolute Gasteiger partial charge is 0.191 e. The molecule has 136 valence electrons. The molecule has 5 nitrogen and oxygen atoms in total. The Kier molecular flexibility index (Phi) is 7.88. The highest BCUT2D eigenvalue weighted by Gasteiger charge is 2.11. The van der Waals surface area contributed by atoms with Crippen LogP contribution in [0.3, 0.4) is 0 Å². The third-order valence-electron chi connectivity index (χ3n) is 3.97. The summed E-state index contributed by atoms with van der Waals surface area (Å²) in [4.78, 5) is 8.89. The summed E-state index contributed by atoms with van der Waals surface area (Å²) < 4.78 is 0. The monoisotopic (exact) mass is 360 g/mol. The molecule has 2 rings (SSSR count). The number of nitrogens with one attached hydrogen (secondary N) is 2. The van der Waals surface area contributed by atoms with Gasteiger partial charge in [0.15, 0.2) is 5.96 Å². The molecule has 0 saturated carbocycles. The lowest BCUT2D eigenvalue weighted by atomic mass is 10.0. The molecule has 0 radical (unpaired) electrons. The Morgan fingerprint density at radius 1 is 1.24 bits per heavy atom. The Balaban J connectivity index is 1.78. The van der Waals surface area contributed by atoms with Gasteiger partial charge in [0.1, 0.15) is 0 Å². The molecule has 0 amide bonds. The molecule has 0 saturated heterocycles. The van der Waals surface area contributed by atoms with Crippen molar-refractivity contribution >= 4 is 17.3 Å². The number of guanidine groups is 1. The van der Waals surface area contributed by atoms with Crippen molar-refractivity contribution in [1.82, 2.24) is 15.6 Å². The van der Waals surface area contributed by atoms with Crippen molar-refractivity contribution in [2.75, 3.05) is 26.7 Å². The van der Waals surface area contributed by atoms with Crippen molar-refractivity contribution < 1.29 is 5.11 Å². The molecule has 2 aromatic rings. The molecule has 6 heteroatoms. The number of benzene rings is 1. The van der Waals surface area contributed by atoms with E-state index in [0.29, 0.717) is 12.5 Å². The van der Waals surface area contributed by atoms with Gasteiger partial charge in [0, 0.05) is 43.8 Å². The van der Waals surface area contributed by atoms with E-state index in [1.807, 2.05) is 30.3 Å². The molecule has 1 aromatic carbocycles. The summed E-state index contributed by atoms with van der Waals surface area (Å²) in [5, 5.41) is 19.5. The predicted molar refractivity (Wildman–Crippen MR) is 106 cm³/mol. The molecule has 1 aromatic heterocycles. The van der Waals surface area contributed by atoms with E-state index in [1.54, 1.807) is 18.4 Å². The Morgan fingerprint density at radius 2 is 2.00 bits per heavy atom. The van der Waals surface area contributed by atoms with Gasteiger partial charge >= 0.3 is 0 Å². The Hall–Kier alpha value is -1.92. The average Bonchev–Trinajstić information content (AvgIpc) is 3.11. The fourth-order valence-corrected chi connectivity index (χ4v) is 3.33. The van der Waals surface area contributed by atoms with Crippen molar-refractivity contribution in [2.24, 2.45) is 4.99 Å². The van der Waals surface area contributed by atoms with Crippen LogP contribution < -0.4 is 10.6 Å². The molecule has 1 atom stereocenters. The van der Waals surface area contributed by atoms with Crippen molar-refractivity contribution in [3.05, 3.63) is 52.0 Å². The largest absolute Gasteiger partial charge is 0.396 e. The lowest BCUT2D eigenvalue weighted by Gasteiger charge is -2.18. The van der Waals surface area contributed by atoms with E-state index >= 15 is 0 Å². The summed E-state index contributed by atoms with van der Waals surface area (Å²) in [6.07, 6.45) is 0.867. The van der Waals surface area contributed by atoms with Crippen LogP contribution in [0.15, 0.2) is 40.7 Å². The number of hydrogen-bond donors (Lipinski definition) is 3. The van der Waals surface area contributed by atoms with Gasteiger partial charge in [-0.1, -0.05) is 44.2 Å². The van der Waals surface area contributed by atoms with Gasteiger partial charge in [-0.2, -0.15) is 0 Å². The number of rotatable bonds is 8. The van der Waals surface area contributed by atoms with Gasteiger partial charge < -0.3 is 15.7 Å². The summed E-state index contributed by atoms with van der Waals surface area (Å²) in [5.41, 5.74) is 2.24. The van der Waals surface area contributed by atoms with Crippen molar-refractivity contribution in [3.63, 3.8) is 0 Å². The van der Waals surface area contributed by atoms with Crippen molar-refractivity contribution in [1.29, 1.82) is 0 Å². The van der Waals surface area contributed by atoms with Crippen LogP contribution in [-0.2, 0) is 6.42 Å².